The van der Waals surface area contributed by atoms with Crippen LogP contribution in [0.5, 0.6) is 0 Å². The van der Waals surface area contributed by atoms with Crippen LogP contribution in [0.1, 0.15) is 11.4 Å². The zero-order chi connectivity index (χ0) is 7.84. The molecule has 0 aromatic carbocycles. The summed E-state index contributed by atoms with van der Waals surface area (Å²) in [7, 11) is 0. The third kappa shape index (κ3) is 1.01. The van der Waals surface area contributed by atoms with Gasteiger partial charge in [0, 0.05) is 17.3 Å². The van der Waals surface area contributed by atoms with Crippen molar-refractivity contribution in [3.8, 4) is 0 Å². The minimum atomic E-state index is 1.06. The predicted octanol–water partition coefficient (Wildman–Crippen LogP) is 2.31. The second kappa shape index (κ2) is 2.27. The van der Waals surface area contributed by atoms with Gasteiger partial charge in [0.1, 0.15) is 0 Å². The Balaban J connectivity index is 2.87. The van der Waals surface area contributed by atoms with Gasteiger partial charge in [-0.25, -0.2) is 0 Å². The Bertz CT molecular complexity index is 392. The van der Waals surface area contributed by atoms with Crippen molar-refractivity contribution < 1.29 is 0 Å². The normalized spacial score (nSPS) is 10.7. The minimum Gasteiger partial charge on any atom is -0.260 e. The lowest BCUT2D eigenvalue weighted by molar-refractivity contribution is 1.22. The summed E-state index contributed by atoms with van der Waals surface area (Å²) in [6.45, 7) is 4.02. The second-order valence-corrected chi connectivity index (χ2v) is 3.39. The average Bonchev–Trinajstić information content (AvgIpc) is 2.33. The molecule has 2 heterocycles. The van der Waals surface area contributed by atoms with E-state index in [1.54, 1.807) is 0 Å². The van der Waals surface area contributed by atoms with Crippen LogP contribution < -0.4 is 0 Å². The molecule has 0 aliphatic rings. The second-order valence-electron chi connectivity index (χ2n) is 2.59. The van der Waals surface area contributed by atoms with Gasteiger partial charge in [-0.3, -0.25) is 4.98 Å². The number of hydrogen-bond donors (Lipinski definition) is 0. The molecular weight excluding hydrogens is 156 g/mol. The van der Waals surface area contributed by atoms with Gasteiger partial charge in [0.25, 0.3) is 0 Å². The lowest BCUT2D eigenvalue weighted by Crippen LogP contribution is -1.78. The predicted molar refractivity (Wildman–Crippen MR) is 46.9 cm³/mol. The molecule has 2 nitrogen and oxygen atoms in total. The molecule has 0 radical (unpaired) electrons. The molecule has 0 N–H and O–H groups in total. The Morgan fingerprint density at radius 1 is 1.36 bits per heavy atom. The smallest absolute Gasteiger partial charge is 0.0736 e. The first-order chi connectivity index (χ1) is 5.27. The van der Waals surface area contributed by atoms with Gasteiger partial charge in [0.15, 0.2) is 0 Å². The van der Waals surface area contributed by atoms with E-state index in [9.17, 15) is 0 Å². The first-order valence-electron chi connectivity index (χ1n) is 3.46. The molecular formula is C8H8N2S. The van der Waals surface area contributed by atoms with Gasteiger partial charge in [-0.1, -0.05) is 0 Å². The molecule has 0 amide bonds. The fourth-order valence-corrected chi connectivity index (χ4v) is 1.81. The Kier molecular flexibility index (Phi) is 1.39. The van der Waals surface area contributed by atoms with Crippen molar-refractivity contribution in [3.63, 3.8) is 0 Å². The van der Waals surface area contributed by atoms with E-state index < -0.39 is 0 Å². The van der Waals surface area contributed by atoms with Crippen LogP contribution in [-0.4, -0.2) is 9.36 Å². The molecule has 0 aliphatic heterocycles. The van der Waals surface area contributed by atoms with Crippen LogP contribution in [0.25, 0.3) is 10.1 Å². The fourth-order valence-electron chi connectivity index (χ4n) is 1.07. The standard InChI is InChI=1S/C8H8N2S/c1-5-3-7-6(2)10-11-8(7)4-9-5/h3-4H,1-2H3. The van der Waals surface area contributed by atoms with Crippen molar-refractivity contribution in [3.05, 3.63) is 23.7 Å². The quantitative estimate of drug-likeness (QED) is 0.597. The van der Waals surface area contributed by atoms with Crippen LogP contribution in [0, 0.1) is 13.8 Å². The molecule has 2 aromatic rings. The zero-order valence-corrected chi connectivity index (χ0v) is 7.27. The van der Waals surface area contributed by atoms with Crippen LogP contribution in [0.4, 0.5) is 0 Å². The highest BCUT2D eigenvalue weighted by Gasteiger charge is 2.00. The van der Waals surface area contributed by atoms with Gasteiger partial charge in [0.05, 0.1) is 10.4 Å². The van der Waals surface area contributed by atoms with Gasteiger partial charge in [-0.2, -0.15) is 4.37 Å². The van der Waals surface area contributed by atoms with Crippen molar-refractivity contribution in [2.75, 3.05) is 0 Å². The largest absolute Gasteiger partial charge is 0.260 e. The van der Waals surface area contributed by atoms with Crippen molar-refractivity contribution in [2.45, 2.75) is 13.8 Å². The van der Waals surface area contributed by atoms with Crippen LogP contribution >= 0.6 is 11.5 Å². The number of hydrogen-bond acceptors (Lipinski definition) is 3. The summed E-state index contributed by atoms with van der Waals surface area (Å²) < 4.78 is 5.41. The summed E-state index contributed by atoms with van der Waals surface area (Å²) in [4.78, 5) is 4.19. The Morgan fingerprint density at radius 2 is 2.18 bits per heavy atom. The van der Waals surface area contributed by atoms with E-state index in [2.05, 4.69) is 15.4 Å². The molecule has 0 saturated heterocycles. The van der Waals surface area contributed by atoms with E-state index in [0.717, 1.165) is 11.4 Å². The highest BCUT2D eigenvalue weighted by Crippen LogP contribution is 2.21. The topological polar surface area (TPSA) is 25.8 Å². The van der Waals surface area contributed by atoms with Crippen molar-refractivity contribution in [2.24, 2.45) is 0 Å². The maximum Gasteiger partial charge on any atom is 0.0736 e. The molecule has 0 saturated carbocycles. The van der Waals surface area contributed by atoms with Crippen molar-refractivity contribution >= 4 is 21.6 Å². The van der Waals surface area contributed by atoms with Crippen LogP contribution in [-0.2, 0) is 0 Å². The summed E-state index contributed by atoms with van der Waals surface area (Å²) >= 11 is 1.51. The molecule has 0 bridgehead atoms. The zero-order valence-electron chi connectivity index (χ0n) is 6.46. The SMILES string of the molecule is Cc1cc2c(C)nsc2cn1. The Morgan fingerprint density at radius 3 is 3.00 bits per heavy atom. The maximum absolute atomic E-state index is 4.24. The third-order valence-electron chi connectivity index (χ3n) is 1.67. The highest BCUT2D eigenvalue weighted by atomic mass is 32.1. The lowest BCUT2D eigenvalue weighted by Gasteiger charge is -1.90. The Hall–Kier alpha value is -0.960. The molecule has 0 aliphatic carbocycles. The molecule has 0 fully saturated rings. The lowest BCUT2D eigenvalue weighted by atomic mass is 10.2. The average molecular weight is 164 g/mol. The third-order valence-corrected chi connectivity index (χ3v) is 2.56. The van der Waals surface area contributed by atoms with E-state index in [-0.39, 0.29) is 0 Å². The molecule has 11 heavy (non-hydrogen) atoms. The van der Waals surface area contributed by atoms with Gasteiger partial charge < -0.3 is 0 Å². The van der Waals surface area contributed by atoms with Gasteiger partial charge in [0.2, 0.25) is 0 Å². The van der Waals surface area contributed by atoms with Crippen LogP contribution in [0.2, 0.25) is 0 Å². The number of aryl methyl sites for hydroxylation is 2. The van der Waals surface area contributed by atoms with Crippen LogP contribution in [0.3, 0.4) is 0 Å². The number of rotatable bonds is 0. The van der Waals surface area contributed by atoms with E-state index >= 15 is 0 Å². The van der Waals surface area contributed by atoms with Crippen molar-refractivity contribution in [1.82, 2.24) is 9.36 Å². The van der Waals surface area contributed by atoms with E-state index in [1.807, 2.05) is 20.0 Å². The van der Waals surface area contributed by atoms with Crippen LogP contribution in [0.15, 0.2) is 12.3 Å². The Labute approximate surface area is 69.1 Å². The first kappa shape index (κ1) is 6.73. The molecule has 2 aromatic heterocycles. The van der Waals surface area contributed by atoms with E-state index in [1.165, 1.54) is 21.6 Å². The molecule has 3 heteroatoms. The molecule has 56 valence electrons. The van der Waals surface area contributed by atoms with E-state index in [0.29, 0.717) is 0 Å². The minimum absolute atomic E-state index is 1.06. The molecule has 0 spiro atoms. The summed E-state index contributed by atoms with van der Waals surface area (Å²) in [5.74, 6) is 0. The monoisotopic (exact) mass is 164 g/mol. The van der Waals surface area contributed by atoms with Crippen molar-refractivity contribution in [1.29, 1.82) is 0 Å². The molecule has 0 unspecified atom stereocenters. The number of aromatic nitrogens is 2. The number of nitrogens with zero attached hydrogens (tertiary/aromatic N) is 2. The van der Waals surface area contributed by atoms with Gasteiger partial charge in [-0.05, 0) is 31.4 Å². The summed E-state index contributed by atoms with van der Waals surface area (Å²) in [5, 5.41) is 1.24. The summed E-state index contributed by atoms with van der Waals surface area (Å²) in [6, 6.07) is 2.08. The highest BCUT2D eigenvalue weighted by molar-refractivity contribution is 7.13. The molecule has 2 rings (SSSR count). The van der Waals surface area contributed by atoms with E-state index in [4.69, 9.17) is 0 Å². The fraction of sp³-hybridized carbons (Fsp3) is 0.250. The summed E-state index contributed by atoms with van der Waals surface area (Å²) in [6.07, 6.45) is 1.88. The van der Waals surface area contributed by atoms with Gasteiger partial charge >= 0.3 is 0 Å². The maximum atomic E-state index is 4.24. The molecule has 0 atom stereocenters. The summed E-state index contributed by atoms with van der Waals surface area (Å²) in [5.41, 5.74) is 2.16. The number of fused-ring (bicyclic) bond motifs is 1. The number of pyridine rings is 1. The first-order valence-corrected chi connectivity index (χ1v) is 4.23. The van der Waals surface area contributed by atoms with Gasteiger partial charge in [-0.15, -0.1) is 0 Å².